The summed E-state index contributed by atoms with van der Waals surface area (Å²) in [6.07, 6.45) is 1.77. The Balaban J connectivity index is 1.74. The molecule has 2 aromatic carbocycles. The van der Waals surface area contributed by atoms with Crippen LogP contribution in [0, 0.1) is 15.9 Å². The summed E-state index contributed by atoms with van der Waals surface area (Å²) in [6, 6.07) is 12.3. The van der Waals surface area contributed by atoms with Gasteiger partial charge < -0.3 is 5.32 Å². The number of hydrogen-bond acceptors (Lipinski definition) is 3. The van der Waals surface area contributed by atoms with E-state index in [1.807, 2.05) is 12.1 Å². The summed E-state index contributed by atoms with van der Waals surface area (Å²) in [5.74, 6) is -0.810. The van der Waals surface area contributed by atoms with Gasteiger partial charge in [0.05, 0.1) is 4.92 Å². The second-order valence-corrected chi connectivity index (χ2v) is 4.94. The molecule has 0 spiro atoms. The van der Waals surface area contributed by atoms with E-state index in [9.17, 15) is 14.5 Å². The first kappa shape index (κ1) is 12.6. The van der Waals surface area contributed by atoms with E-state index in [1.54, 1.807) is 6.07 Å². The van der Waals surface area contributed by atoms with E-state index in [2.05, 4.69) is 17.4 Å². The van der Waals surface area contributed by atoms with E-state index in [-0.39, 0.29) is 6.04 Å². The van der Waals surface area contributed by atoms with Crippen LogP contribution in [0.5, 0.6) is 0 Å². The second-order valence-electron chi connectivity index (χ2n) is 4.94. The average Bonchev–Trinajstić information content (AvgIpc) is 2.80. The smallest absolute Gasteiger partial charge is 0.304 e. The second kappa shape index (κ2) is 4.92. The van der Waals surface area contributed by atoms with Crippen molar-refractivity contribution in [3.63, 3.8) is 0 Å². The molecule has 4 nitrogen and oxygen atoms in total. The number of nitro groups is 1. The maximum absolute atomic E-state index is 13.6. The van der Waals surface area contributed by atoms with Crippen LogP contribution in [0.4, 0.5) is 15.8 Å². The molecule has 1 aliphatic rings. The zero-order valence-electron chi connectivity index (χ0n) is 10.7. The van der Waals surface area contributed by atoms with Crippen molar-refractivity contribution in [2.45, 2.75) is 18.9 Å². The van der Waals surface area contributed by atoms with E-state index < -0.39 is 16.4 Å². The van der Waals surface area contributed by atoms with Crippen LogP contribution in [-0.4, -0.2) is 11.0 Å². The molecular weight excluding hydrogens is 259 g/mol. The first-order chi connectivity index (χ1) is 9.63. The number of benzene rings is 2. The van der Waals surface area contributed by atoms with Gasteiger partial charge in [0.2, 0.25) is 5.82 Å². The highest BCUT2D eigenvalue weighted by atomic mass is 19.1. The number of nitrogens with one attached hydrogen (secondary N) is 1. The highest BCUT2D eigenvalue weighted by Crippen LogP contribution is 2.26. The highest BCUT2D eigenvalue weighted by Gasteiger charge is 2.21. The van der Waals surface area contributed by atoms with Gasteiger partial charge in [0.15, 0.2) is 0 Å². The van der Waals surface area contributed by atoms with Crippen molar-refractivity contribution >= 4 is 11.4 Å². The minimum Gasteiger partial charge on any atom is -0.382 e. The number of hydrogen-bond donors (Lipinski definition) is 1. The summed E-state index contributed by atoms with van der Waals surface area (Å²) < 4.78 is 13.6. The molecule has 0 unspecified atom stereocenters. The fraction of sp³-hybridized carbons (Fsp3) is 0.200. The fourth-order valence-corrected chi connectivity index (χ4v) is 2.64. The Kier molecular flexibility index (Phi) is 3.10. The molecule has 20 heavy (non-hydrogen) atoms. The van der Waals surface area contributed by atoms with Gasteiger partial charge in [-0.3, -0.25) is 10.1 Å². The zero-order chi connectivity index (χ0) is 14.1. The summed E-state index contributed by atoms with van der Waals surface area (Å²) in [5.41, 5.74) is 2.68. The first-order valence-electron chi connectivity index (χ1n) is 6.41. The summed E-state index contributed by atoms with van der Waals surface area (Å²) in [4.78, 5) is 9.85. The van der Waals surface area contributed by atoms with E-state index in [0.29, 0.717) is 5.69 Å². The van der Waals surface area contributed by atoms with Crippen molar-refractivity contribution in [1.29, 1.82) is 0 Å². The lowest BCUT2D eigenvalue weighted by Crippen LogP contribution is -2.19. The monoisotopic (exact) mass is 272 g/mol. The van der Waals surface area contributed by atoms with E-state index in [0.717, 1.165) is 12.8 Å². The zero-order valence-corrected chi connectivity index (χ0v) is 10.7. The summed E-state index contributed by atoms with van der Waals surface area (Å²) in [7, 11) is 0. The Bertz CT molecular complexity index is 648. The average molecular weight is 272 g/mol. The molecule has 1 N–H and O–H groups in total. The van der Waals surface area contributed by atoms with Crippen LogP contribution in [-0.2, 0) is 12.8 Å². The summed E-state index contributed by atoms with van der Waals surface area (Å²) in [5, 5.41) is 13.8. The number of nitrogens with zero attached hydrogens (tertiary/aromatic N) is 1. The van der Waals surface area contributed by atoms with Gasteiger partial charge in [-0.05, 0) is 30.0 Å². The lowest BCUT2D eigenvalue weighted by atomic mass is 10.1. The van der Waals surface area contributed by atoms with Gasteiger partial charge in [-0.15, -0.1) is 0 Å². The molecule has 0 amide bonds. The highest BCUT2D eigenvalue weighted by molar-refractivity contribution is 5.51. The molecule has 2 aromatic rings. The van der Waals surface area contributed by atoms with Gasteiger partial charge in [-0.25, -0.2) is 0 Å². The minimum atomic E-state index is -0.810. The third-order valence-corrected chi connectivity index (χ3v) is 3.57. The Morgan fingerprint density at radius 2 is 1.80 bits per heavy atom. The molecule has 3 rings (SSSR count). The molecule has 0 heterocycles. The van der Waals surface area contributed by atoms with Gasteiger partial charge in [0.25, 0.3) is 0 Å². The van der Waals surface area contributed by atoms with Crippen LogP contribution < -0.4 is 5.32 Å². The Morgan fingerprint density at radius 3 is 2.35 bits per heavy atom. The van der Waals surface area contributed by atoms with Crippen molar-refractivity contribution in [3.05, 3.63) is 69.5 Å². The fourth-order valence-electron chi connectivity index (χ4n) is 2.64. The standard InChI is InChI=1S/C15H13FN2O2/c16-14-9-12(5-6-15(14)18(19)20)17-13-7-10-3-1-2-4-11(10)8-13/h1-6,9,13,17H,7-8H2. The molecule has 0 atom stereocenters. The maximum Gasteiger partial charge on any atom is 0.304 e. The number of rotatable bonds is 3. The third kappa shape index (κ3) is 2.34. The first-order valence-corrected chi connectivity index (χ1v) is 6.41. The Morgan fingerprint density at radius 1 is 1.15 bits per heavy atom. The molecule has 0 aromatic heterocycles. The maximum atomic E-state index is 13.6. The number of nitro benzene ring substituents is 1. The van der Waals surface area contributed by atoms with Gasteiger partial charge in [0, 0.05) is 23.9 Å². The predicted octanol–water partition coefficient (Wildman–Crippen LogP) is 3.31. The molecule has 0 saturated heterocycles. The lowest BCUT2D eigenvalue weighted by Gasteiger charge is -2.13. The number of fused-ring (bicyclic) bond motifs is 1. The molecule has 0 radical (unpaired) electrons. The Hall–Kier alpha value is -2.43. The van der Waals surface area contributed by atoms with E-state index >= 15 is 0 Å². The van der Waals surface area contributed by atoms with Crippen molar-refractivity contribution in [1.82, 2.24) is 0 Å². The molecule has 0 fully saturated rings. The lowest BCUT2D eigenvalue weighted by molar-refractivity contribution is -0.387. The van der Waals surface area contributed by atoms with Crippen LogP contribution in [0.1, 0.15) is 11.1 Å². The molecule has 1 aliphatic carbocycles. The molecule has 102 valence electrons. The number of anilines is 1. The largest absolute Gasteiger partial charge is 0.382 e. The molecular formula is C15H13FN2O2. The van der Waals surface area contributed by atoms with Gasteiger partial charge >= 0.3 is 5.69 Å². The van der Waals surface area contributed by atoms with Crippen molar-refractivity contribution in [2.24, 2.45) is 0 Å². The van der Waals surface area contributed by atoms with Crippen LogP contribution >= 0.6 is 0 Å². The quantitative estimate of drug-likeness (QED) is 0.689. The van der Waals surface area contributed by atoms with Crippen LogP contribution in [0.25, 0.3) is 0 Å². The normalized spacial score (nSPS) is 14.1. The summed E-state index contributed by atoms with van der Waals surface area (Å²) >= 11 is 0. The van der Waals surface area contributed by atoms with Gasteiger partial charge in [0.1, 0.15) is 0 Å². The third-order valence-electron chi connectivity index (χ3n) is 3.57. The predicted molar refractivity (Wildman–Crippen MR) is 74.3 cm³/mol. The van der Waals surface area contributed by atoms with Crippen LogP contribution in [0.15, 0.2) is 42.5 Å². The van der Waals surface area contributed by atoms with Crippen molar-refractivity contribution in [3.8, 4) is 0 Å². The topological polar surface area (TPSA) is 55.2 Å². The SMILES string of the molecule is O=[N+]([O-])c1ccc(NC2Cc3ccccc3C2)cc1F. The van der Waals surface area contributed by atoms with Gasteiger partial charge in [-0.2, -0.15) is 4.39 Å². The minimum absolute atomic E-state index is 0.202. The summed E-state index contributed by atoms with van der Waals surface area (Å²) in [6.45, 7) is 0. The molecule has 0 bridgehead atoms. The van der Waals surface area contributed by atoms with Crippen molar-refractivity contribution < 1.29 is 9.31 Å². The van der Waals surface area contributed by atoms with Gasteiger partial charge in [-0.1, -0.05) is 24.3 Å². The van der Waals surface area contributed by atoms with E-state index in [1.165, 1.54) is 23.3 Å². The van der Waals surface area contributed by atoms with Crippen molar-refractivity contribution in [2.75, 3.05) is 5.32 Å². The Labute approximate surface area is 115 Å². The van der Waals surface area contributed by atoms with Crippen LogP contribution in [0.3, 0.4) is 0 Å². The molecule has 5 heteroatoms. The van der Waals surface area contributed by atoms with Crippen LogP contribution in [0.2, 0.25) is 0 Å². The number of halogens is 1. The molecule has 0 saturated carbocycles. The molecule has 0 aliphatic heterocycles. The van der Waals surface area contributed by atoms with E-state index in [4.69, 9.17) is 0 Å².